The summed E-state index contributed by atoms with van der Waals surface area (Å²) in [5.74, 6) is 0.0362. The number of hydrogen-bond donors (Lipinski definition) is 0. The fraction of sp³-hybridized carbons (Fsp3) is 0.238. The van der Waals surface area contributed by atoms with Gasteiger partial charge < -0.3 is 9.47 Å². The van der Waals surface area contributed by atoms with Crippen molar-refractivity contribution in [2.75, 3.05) is 11.4 Å². The molecule has 0 aliphatic carbocycles. The largest absolute Gasteiger partial charge is 0.342 e. The Hall–Kier alpha value is -2.88. The number of hydrogen-bond acceptors (Lipinski definition) is 2. The minimum absolute atomic E-state index is 0.0362. The number of para-hydroxylation sites is 1. The molecule has 0 atom stereocenters. The second-order valence-corrected chi connectivity index (χ2v) is 6.08. The van der Waals surface area contributed by atoms with Gasteiger partial charge in [-0.05, 0) is 51.1 Å². The van der Waals surface area contributed by atoms with E-state index in [0.717, 1.165) is 28.3 Å². The minimum Gasteiger partial charge on any atom is -0.342 e. The molecule has 4 heteroatoms. The fourth-order valence-electron chi connectivity index (χ4n) is 3.11. The van der Waals surface area contributed by atoms with Crippen LogP contribution in [0.5, 0.6) is 0 Å². The monoisotopic (exact) mass is 333 g/mol. The summed E-state index contributed by atoms with van der Waals surface area (Å²) >= 11 is 0. The molecule has 0 radical (unpaired) electrons. The Labute approximate surface area is 148 Å². The Balaban J connectivity index is 1.92. The number of amides is 1. The standard InChI is InChI=1S/C21H23N3O/c1-4-23(19-11-6-5-7-12-19)21(25)20-14-16(2)24(17(20)3)15-18-10-8-9-13-22-18/h5-14H,4,15H2,1-3H3. The molecule has 1 aromatic carbocycles. The van der Waals surface area contributed by atoms with Gasteiger partial charge in [0.25, 0.3) is 5.91 Å². The summed E-state index contributed by atoms with van der Waals surface area (Å²) in [7, 11) is 0. The zero-order valence-corrected chi connectivity index (χ0v) is 14.9. The van der Waals surface area contributed by atoms with E-state index < -0.39 is 0 Å². The lowest BCUT2D eigenvalue weighted by atomic mass is 10.2. The zero-order chi connectivity index (χ0) is 17.8. The maximum absolute atomic E-state index is 13.1. The number of nitrogens with zero attached hydrogens (tertiary/aromatic N) is 3. The molecule has 3 aromatic rings. The second kappa shape index (κ2) is 7.34. The maximum Gasteiger partial charge on any atom is 0.260 e. The van der Waals surface area contributed by atoms with Gasteiger partial charge in [0, 0.05) is 29.8 Å². The van der Waals surface area contributed by atoms with E-state index in [1.165, 1.54) is 0 Å². The molecule has 25 heavy (non-hydrogen) atoms. The van der Waals surface area contributed by atoms with Crippen molar-refractivity contribution >= 4 is 11.6 Å². The van der Waals surface area contributed by atoms with E-state index in [9.17, 15) is 4.79 Å². The van der Waals surface area contributed by atoms with Crippen LogP contribution in [0.15, 0.2) is 60.8 Å². The van der Waals surface area contributed by atoms with Crippen LogP contribution >= 0.6 is 0 Å². The summed E-state index contributed by atoms with van der Waals surface area (Å²) in [5.41, 5.74) is 4.69. The van der Waals surface area contributed by atoms with Crippen LogP contribution < -0.4 is 4.90 Å². The summed E-state index contributed by atoms with van der Waals surface area (Å²) in [4.78, 5) is 19.3. The van der Waals surface area contributed by atoms with Gasteiger partial charge in [-0.2, -0.15) is 0 Å². The molecular formula is C21H23N3O. The van der Waals surface area contributed by atoms with Gasteiger partial charge in [-0.3, -0.25) is 9.78 Å². The van der Waals surface area contributed by atoms with Crippen molar-refractivity contribution in [3.05, 3.63) is 83.4 Å². The van der Waals surface area contributed by atoms with E-state index in [2.05, 4.69) is 9.55 Å². The quantitative estimate of drug-likeness (QED) is 0.701. The lowest BCUT2D eigenvalue weighted by Gasteiger charge is -2.21. The molecule has 0 bridgehead atoms. The molecule has 0 spiro atoms. The van der Waals surface area contributed by atoms with Crippen LogP contribution in [0.4, 0.5) is 5.69 Å². The van der Waals surface area contributed by atoms with Crippen LogP contribution in [-0.4, -0.2) is 22.0 Å². The van der Waals surface area contributed by atoms with Crippen molar-refractivity contribution in [3.63, 3.8) is 0 Å². The lowest BCUT2D eigenvalue weighted by molar-refractivity contribution is 0.0987. The molecule has 0 unspecified atom stereocenters. The summed E-state index contributed by atoms with van der Waals surface area (Å²) < 4.78 is 2.15. The van der Waals surface area contributed by atoms with Crippen molar-refractivity contribution in [2.45, 2.75) is 27.3 Å². The third kappa shape index (κ3) is 3.48. The first-order valence-corrected chi connectivity index (χ1v) is 8.55. The molecule has 3 rings (SSSR count). The molecule has 0 fully saturated rings. The van der Waals surface area contributed by atoms with Crippen molar-refractivity contribution in [1.29, 1.82) is 0 Å². The highest BCUT2D eigenvalue weighted by Crippen LogP contribution is 2.22. The first-order valence-electron chi connectivity index (χ1n) is 8.55. The molecular weight excluding hydrogens is 310 g/mol. The van der Waals surface area contributed by atoms with E-state index in [4.69, 9.17) is 0 Å². The average Bonchev–Trinajstić information content (AvgIpc) is 2.92. The molecule has 0 saturated carbocycles. The van der Waals surface area contributed by atoms with Crippen LogP contribution in [0.1, 0.15) is 34.4 Å². The highest BCUT2D eigenvalue weighted by Gasteiger charge is 2.21. The Morgan fingerprint density at radius 3 is 2.44 bits per heavy atom. The Kier molecular flexibility index (Phi) is 4.98. The molecule has 2 aromatic heterocycles. The smallest absolute Gasteiger partial charge is 0.260 e. The molecule has 4 nitrogen and oxygen atoms in total. The highest BCUT2D eigenvalue weighted by molar-refractivity contribution is 6.07. The third-order valence-electron chi connectivity index (χ3n) is 4.48. The van der Waals surface area contributed by atoms with Crippen LogP contribution in [0.3, 0.4) is 0 Å². The number of carbonyl (C=O) groups excluding carboxylic acids is 1. The highest BCUT2D eigenvalue weighted by atomic mass is 16.2. The van der Waals surface area contributed by atoms with Gasteiger partial charge in [-0.1, -0.05) is 24.3 Å². The normalized spacial score (nSPS) is 10.7. The van der Waals surface area contributed by atoms with Gasteiger partial charge in [0.2, 0.25) is 0 Å². The topological polar surface area (TPSA) is 38.1 Å². The van der Waals surface area contributed by atoms with E-state index in [-0.39, 0.29) is 5.91 Å². The van der Waals surface area contributed by atoms with Gasteiger partial charge in [0.05, 0.1) is 17.8 Å². The number of benzene rings is 1. The lowest BCUT2D eigenvalue weighted by Crippen LogP contribution is -2.30. The Morgan fingerprint density at radius 2 is 1.80 bits per heavy atom. The summed E-state index contributed by atoms with van der Waals surface area (Å²) in [5, 5.41) is 0. The molecule has 0 aliphatic heterocycles. The second-order valence-electron chi connectivity index (χ2n) is 6.08. The molecule has 0 saturated heterocycles. The SMILES string of the molecule is CCN(C(=O)c1cc(C)n(Cc2ccccn2)c1C)c1ccccc1. The Morgan fingerprint density at radius 1 is 1.08 bits per heavy atom. The molecule has 0 N–H and O–H groups in total. The van der Waals surface area contributed by atoms with Crippen LogP contribution in [0.2, 0.25) is 0 Å². The van der Waals surface area contributed by atoms with Gasteiger partial charge in [-0.25, -0.2) is 0 Å². The number of rotatable bonds is 5. The van der Waals surface area contributed by atoms with E-state index >= 15 is 0 Å². The fourth-order valence-corrected chi connectivity index (χ4v) is 3.11. The zero-order valence-electron chi connectivity index (χ0n) is 14.9. The molecule has 2 heterocycles. The van der Waals surface area contributed by atoms with Crippen LogP contribution in [0.25, 0.3) is 0 Å². The van der Waals surface area contributed by atoms with Gasteiger partial charge in [-0.15, -0.1) is 0 Å². The average molecular weight is 333 g/mol. The van der Waals surface area contributed by atoms with Crippen molar-refractivity contribution < 1.29 is 4.79 Å². The number of carbonyl (C=O) groups is 1. The molecule has 128 valence electrons. The number of pyridine rings is 1. The predicted octanol–water partition coefficient (Wildman–Crippen LogP) is 4.21. The maximum atomic E-state index is 13.1. The first kappa shape index (κ1) is 17.0. The summed E-state index contributed by atoms with van der Waals surface area (Å²) in [6, 6.07) is 17.7. The van der Waals surface area contributed by atoms with Gasteiger partial charge >= 0.3 is 0 Å². The predicted molar refractivity (Wildman–Crippen MR) is 101 cm³/mol. The van der Waals surface area contributed by atoms with E-state index in [1.54, 1.807) is 6.20 Å². The Bertz CT molecular complexity index is 854. The number of aryl methyl sites for hydroxylation is 1. The summed E-state index contributed by atoms with van der Waals surface area (Å²) in [6.07, 6.45) is 1.80. The van der Waals surface area contributed by atoms with Crippen LogP contribution in [-0.2, 0) is 6.54 Å². The van der Waals surface area contributed by atoms with E-state index in [1.807, 2.05) is 80.3 Å². The van der Waals surface area contributed by atoms with Crippen LogP contribution in [0, 0.1) is 13.8 Å². The van der Waals surface area contributed by atoms with Gasteiger partial charge in [0.1, 0.15) is 0 Å². The molecule has 0 aliphatic rings. The van der Waals surface area contributed by atoms with Crippen molar-refractivity contribution in [2.24, 2.45) is 0 Å². The van der Waals surface area contributed by atoms with E-state index in [0.29, 0.717) is 13.1 Å². The summed E-state index contributed by atoms with van der Waals surface area (Å²) in [6.45, 7) is 7.33. The third-order valence-corrected chi connectivity index (χ3v) is 4.48. The number of anilines is 1. The molecule has 1 amide bonds. The minimum atomic E-state index is 0.0362. The van der Waals surface area contributed by atoms with Crippen molar-refractivity contribution in [1.82, 2.24) is 9.55 Å². The van der Waals surface area contributed by atoms with Gasteiger partial charge in [0.15, 0.2) is 0 Å². The van der Waals surface area contributed by atoms with Crippen molar-refractivity contribution in [3.8, 4) is 0 Å². The number of aromatic nitrogens is 2. The first-order chi connectivity index (χ1) is 12.1.